The van der Waals surface area contributed by atoms with Crippen molar-refractivity contribution < 1.29 is 14.4 Å². The molecule has 25 heavy (non-hydrogen) atoms. The predicted octanol–water partition coefficient (Wildman–Crippen LogP) is 0.944. The Morgan fingerprint density at radius 3 is 2.64 bits per heavy atom. The SMILES string of the molecule is N#Cc1cccc(C(=O)N[C@H](C[NH+]2CCOCC2)c2ccccc2)c1. The molecule has 1 aliphatic heterocycles. The number of morpholine rings is 1. The smallest absolute Gasteiger partial charge is 0.252 e. The van der Waals surface area contributed by atoms with Crippen molar-refractivity contribution in [1.82, 2.24) is 5.32 Å². The third kappa shape index (κ3) is 4.66. The van der Waals surface area contributed by atoms with E-state index in [0.717, 1.165) is 38.4 Å². The second-order valence-electron chi connectivity index (χ2n) is 6.20. The minimum atomic E-state index is -0.154. The van der Waals surface area contributed by atoms with Crippen LogP contribution < -0.4 is 10.2 Å². The molecule has 5 nitrogen and oxygen atoms in total. The Labute approximate surface area is 147 Å². The van der Waals surface area contributed by atoms with E-state index >= 15 is 0 Å². The van der Waals surface area contributed by atoms with Gasteiger partial charge in [0.25, 0.3) is 5.91 Å². The van der Waals surface area contributed by atoms with E-state index in [4.69, 9.17) is 10.00 Å². The average Bonchev–Trinajstić information content (AvgIpc) is 2.69. The van der Waals surface area contributed by atoms with E-state index in [2.05, 4.69) is 11.4 Å². The number of nitriles is 1. The van der Waals surface area contributed by atoms with E-state index in [9.17, 15) is 4.79 Å². The minimum Gasteiger partial charge on any atom is -0.370 e. The lowest BCUT2D eigenvalue weighted by atomic mass is 10.0. The molecule has 0 saturated carbocycles. The molecule has 0 aliphatic carbocycles. The van der Waals surface area contributed by atoms with E-state index in [0.29, 0.717) is 11.1 Å². The van der Waals surface area contributed by atoms with Crippen LogP contribution in [0.1, 0.15) is 27.5 Å². The molecule has 0 spiro atoms. The number of nitrogens with zero attached hydrogens (tertiary/aromatic N) is 1. The Morgan fingerprint density at radius 2 is 1.92 bits per heavy atom. The van der Waals surface area contributed by atoms with Crippen molar-refractivity contribution in [3.63, 3.8) is 0 Å². The maximum atomic E-state index is 12.7. The normalized spacial score (nSPS) is 16.0. The number of quaternary nitrogens is 1. The number of carbonyl (C=O) groups excluding carboxylic acids is 1. The first kappa shape index (κ1) is 17.2. The molecule has 2 N–H and O–H groups in total. The van der Waals surface area contributed by atoms with Gasteiger partial charge in [0.2, 0.25) is 0 Å². The first-order chi connectivity index (χ1) is 12.3. The molecule has 0 unspecified atom stereocenters. The lowest BCUT2D eigenvalue weighted by Gasteiger charge is -2.28. The van der Waals surface area contributed by atoms with E-state index in [1.54, 1.807) is 24.3 Å². The van der Waals surface area contributed by atoms with E-state index in [1.807, 2.05) is 30.3 Å². The summed E-state index contributed by atoms with van der Waals surface area (Å²) >= 11 is 0. The fraction of sp³-hybridized carbons (Fsp3) is 0.300. The van der Waals surface area contributed by atoms with E-state index in [-0.39, 0.29) is 11.9 Å². The zero-order valence-electron chi connectivity index (χ0n) is 14.1. The van der Waals surface area contributed by atoms with Gasteiger partial charge in [-0.25, -0.2) is 0 Å². The molecular formula is C20H22N3O2+. The van der Waals surface area contributed by atoms with Crippen LogP contribution >= 0.6 is 0 Å². The highest BCUT2D eigenvalue weighted by atomic mass is 16.5. The molecule has 5 heteroatoms. The third-order valence-corrected chi connectivity index (χ3v) is 4.45. The highest BCUT2D eigenvalue weighted by Crippen LogP contribution is 2.13. The molecule has 0 radical (unpaired) electrons. The van der Waals surface area contributed by atoms with Crippen molar-refractivity contribution >= 4 is 5.91 Å². The van der Waals surface area contributed by atoms with Crippen molar-refractivity contribution in [1.29, 1.82) is 5.26 Å². The summed E-state index contributed by atoms with van der Waals surface area (Å²) in [6.07, 6.45) is 0. The maximum Gasteiger partial charge on any atom is 0.252 e. The Bertz CT molecular complexity index is 749. The van der Waals surface area contributed by atoms with Crippen LogP contribution in [-0.2, 0) is 4.74 Å². The number of hydrogen-bond acceptors (Lipinski definition) is 3. The van der Waals surface area contributed by atoms with Gasteiger partial charge in [-0.2, -0.15) is 5.26 Å². The first-order valence-corrected chi connectivity index (χ1v) is 8.53. The van der Waals surface area contributed by atoms with Crippen LogP contribution in [0.2, 0.25) is 0 Å². The molecule has 0 bridgehead atoms. The molecule has 3 rings (SSSR count). The van der Waals surface area contributed by atoms with Crippen LogP contribution in [-0.4, -0.2) is 38.8 Å². The van der Waals surface area contributed by atoms with Crippen LogP contribution in [0.4, 0.5) is 0 Å². The van der Waals surface area contributed by atoms with Gasteiger partial charge in [0.1, 0.15) is 25.7 Å². The highest BCUT2D eigenvalue weighted by molar-refractivity contribution is 5.94. The zero-order chi connectivity index (χ0) is 17.5. The summed E-state index contributed by atoms with van der Waals surface area (Å²) < 4.78 is 5.42. The van der Waals surface area contributed by atoms with Gasteiger partial charge < -0.3 is 15.0 Å². The highest BCUT2D eigenvalue weighted by Gasteiger charge is 2.23. The summed E-state index contributed by atoms with van der Waals surface area (Å²) in [4.78, 5) is 14.1. The van der Waals surface area contributed by atoms with Gasteiger partial charge in [-0.3, -0.25) is 4.79 Å². The van der Waals surface area contributed by atoms with E-state index < -0.39 is 0 Å². The number of benzene rings is 2. The molecule has 1 amide bonds. The second kappa shape index (κ2) is 8.43. The van der Waals surface area contributed by atoms with Gasteiger partial charge in [0.05, 0.1) is 24.8 Å². The van der Waals surface area contributed by atoms with Gasteiger partial charge in [0, 0.05) is 5.56 Å². The quantitative estimate of drug-likeness (QED) is 0.854. The molecule has 1 heterocycles. The number of rotatable bonds is 5. The minimum absolute atomic E-state index is 0.0764. The summed E-state index contributed by atoms with van der Waals surface area (Å²) in [6.45, 7) is 4.23. The average molecular weight is 336 g/mol. The Balaban J connectivity index is 1.76. The number of amides is 1. The molecule has 1 saturated heterocycles. The largest absolute Gasteiger partial charge is 0.370 e. The van der Waals surface area contributed by atoms with Gasteiger partial charge >= 0.3 is 0 Å². The molecule has 0 aromatic heterocycles. The van der Waals surface area contributed by atoms with Crippen molar-refractivity contribution in [2.24, 2.45) is 0 Å². The van der Waals surface area contributed by atoms with Crippen molar-refractivity contribution in [3.05, 3.63) is 71.3 Å². The summed E-state index contributed by atoms with van der Waals surface area (Å²) in [6, 6.07) is 18.8. The lowest BCUT2D eigenvalue weighted by molar-refractivity contribution is -0.909. The Hall–Kier alpha value is -2.68. The molecule has 1 atom stereocenters. The number of hydrogen-bond donors (Lipinski definition) is 2. The maximum absolute atomic E-state index is 12.7. The van der Waals surface area contributed by atoms with Crippen molar-refractivity contribution in [2.45, 2.75) is 6.04 Å². The second-order valence-corrected chi connectivity index (χ2v) is 6.20. The lowest BCUT2D eigenvalue weighted by Crippen LogP contribution is -3.14. The molecule has 128 valence electrons. The van der Waals surface area contributed by atoms with Gasteiger partial charge in [0.15, 0.2) is 0 Å². The zero-order valence-corrected chi connectivity index (χ0v) is 14.1. The first-order valence-electron chi connectivity index (χ1n) is 8.53. The van der Waals surface area contributed by atoms with Crippen molar-refractivity contribution in [2.75, 3.05) is 32.8 Å². The molecular weight excluding hydrogens is 314 g/mol. The van der Waals surface area contributed by atoms with Crippen LogP contribution in [0.5, 0.6) is 0 Å². The Morgan fingerprint density at radius 1 is 1.16 bits per heavy atom. The van der Waals surface area contributed by atoms with Gasteiger partial charge in [-0.1, -0.05) is 36.4 Å². The van der Waals surface area contributed by atoms with Crippen LogP contribution in [0, 0.1) is 11.3 Å². The fourth-order valence-corrected chi connectivity index (χ4v) is 3.06. The van der Waals surface area contributed by atoms with Gasteiger partial charge in [-0.05, 0) is 23.8 Å². The number of nitrogens with one attached hydrogen (secondary N) is 2. The number of ether oxygens (including phenoxy) is 1. The van der Waals surface area contributed by atoms with Crippen LogP contribution in [0.3, 0.4) is 0 Å². The van der Waals surface area contributed by atoms with Crippen molar-refractivity contribution in [3.8, 4) is 6.07 Å². The van der Waals surface area contributed by atoms with Crippen LogP contribution in [0.25, 0.3) is 0 Å². The molecule has 1 fully saturated rings. The summed E-state index contributed by atoms with van der Waals surface area (Å²) in [5, 5.41) is 12.2. The summed E-state index contributed by atoms with van der Waals surface area (Å²) in [5.41, 5.74) is 2.09. The summed E-state index contributed by atoms with van der Waals surface area (Å²) in [5.74, 6) is -0.154. The topological polar surface area (TPSA) is 66.6 Å². The third-order valence-electron chi connectivity index (χ3n) is 4.45. The predicted molar refractivity (Wildman–Crippen MR) is 94.2 cm³/mol. The monoisotopic (exact) mass is 336 g/mol. The molecule has 1 aliphatic rings. The Kier molecular flexibility index (Phi) is 5.78. The number of carbonyl (C=O) groups is 1. The van der Waals surface area contributed by atoms with Crippen LogP contribution in [0.15, 0.2) is 54.6 Å². The van der Waals surface area contributed by atoms with Gasteiger partial charge in [-0.15, -0.1) is 0 Å². The van der Waals surface area contributed by atoms with E-state index in [1.165, 1.54) is 4.90 Å². The molecule has 2 aromatic carbocycles. The molecule has 2 aromatic rings. The summed E-state index contributed by atoms with van der Waals surface area (Å²) in [7, 11) is 0. The fourth-order valence-electron chi connectivity index (χ4n) is 3.06. The standard InChI is InChI=1S/C20H21N3O2/c21-14-16-5-4-8-18(13-16)20(24)22-19(17-6-2-1-3-7-17)15-23-9-11-25-12-10-23/h1-8,13,19H,9-12,15H2,(H,22,24)/p+1/t19-/m1/s1.